The molecule has 8 heteroatoms. The maximum Gasteiger partial charge on any atom is 0.267 e. The highest BCUT2D eigenvalue weighted by molar-refractivity contribution is 7.99. The van der Waals surface area contributed by atoms with E-state index in [0.29, 0.717) is 18.2 Å². The number of nitrogens with zero attached hydrogens (tertiary/aromatic N) is 2. The topological polar surface area (TPSA) is 84.2 Å². The molecule has 0 bridgehead atoms. The van der Waals surface area contributed by atoms with E-state index in [9.17, 15) is 9.59 Å². The number of amides is 1. The molecule has 110 valence electrons. The van der Waals surface area contributed by atoms with Gasteiger partial charge in [-0.25, -0.2) is 4.98 Å². The van der Waals surface area contributed by atoms with E-state index in [1.807, 2.05) is 0 Å². The van der Waals surface area contributed by atoms with Gasteiger partial charge in [0.15, 0.2) is 5.16 Å². The summed E-state index contributed by atoms with van der Waals surface area (Å²) >= 11 is 3.19. The van der Waals surface area contributed by atoms with Crippen LogP contribution in [0.3, 0.4) is 0 Å². The van der Waals surface area contributed by atoms with Gasteiger partial charge in [-0.15, -0.1) is 0 Å². The molecule has 1 aliphatic heterocycles. The zero-order valence-electron chi connectivity index (χ0n) is 11.0. The van der Waals surface area contributed by atoms with E-state index >= 15 is 0 Å². The van der Waals surface area contributed by atoms with Crippen molar-refractivity contribution in [1.82, 2.24) is 14.9 Å². The van der Waals surface area contributed by atoms with Crippen LogP contribution in [0.15, 0.2) is 16.1 Å². The van der Waals surface area contributed by atoms with E-state index < -0.39 is 0 Å². The lowest BCUT2D eigenvalue weighted by atomic mass is 10.3. The van der Waals surface area contributed by atoms with Gasteiger partial charge in [-0.2, -0.15) is 11.8 Å². The number of aliphatic hydroxyl groups is 1. The molecule has 1 aromatic rings. The Kier molecular flexibility index (Phi) is 5.93. The summed E-state index contributed by atoms with van der Waals surface area (Å²) in [6, 6.07) is 0. The van der Waals surface area contributed by atoms with E-state index in [0.717, 1.165) is 23.7 Å². The molecule has 1 aliphatic rings. The predicted octanol–water partition coefficient (Wildman–Crippen LogP) is 0.194. The van der Waals surface area contributed by atoms with Crippen LogP contribution in [-0.2, 0) is 6.54 Å². The van der Waals surface area contributed by atoms with Crippen molar-refractivity contribution < 1.29 is 9.90 Å². The molecule has 0 atom stereocenters. The fourth-order valence-electron chi connectivity index (χ4n) is 1.77. The lowest BCUT2D eigenvalue weighted by Gasteiger charge is -2.06. The lowest BCUT2D eigenvalue weighted by molar-refractivity contribution is 0.0953. The summed E-state index contributed by atoms with van der Waals surface area (Å²) in [5, 5.41) is 12.0. The molecule has 0 saturated carbocycles. The number of carbonyl (C=O) groups is 1. The molecule has 0 aromatic carbocycles. The number of nitrogens with one attached hydrogen (secondary N) is 1. The van der Waals surface area contributed by atoms with Crippen molar-refractivity contribution in [3.8, 4) is 0 Å². The molecule has 0 aliphatic carbocycles. The monoisotopic (exact) mass is 315 g/mol. The Labute approximate surface area is 125 Å². The molecule has 20 heavy (non-hydrogen) atoms. The van der Waals surface area contributed by atoms with Crippen LogP contribution in [0.1, 0.15) is 16.8 Å². The third kappa shape index (κ3) is 3.77. The van der Waals surface area contributed by atoms with Crippen molar-refractivity contribution >= 4 is 29.4 Å². The summed E-state index contributed by atoms with van der Waals surface area (Å²) in [7, 11) is 0. The van der Waals surface area contributed by atoms with E-state index in [1.165, 1.54) is 18.0 Å². The van der Waals surface area contributed by atoms with Gasteiger partial charge < -0.3 is 10.4 Å². The molecule has 0 spiro atoms. The van der Waals surface area contributed by atoms with Crippen LogP contribution < -0.4 is 10.9 Å². The van der Waals surface area contributed by atoms with Crippen LogP contribution >= 0.6 is 23.5 Å². The van der Waals surface area contributed by atoms with Crippen LogP contribution in [0.4, 0.5) is 0 Å². The SMILES string of the molecule is O=C(NCCSCCCO)c1cnc2n(c1=O)CCS2. The fourth-order valence-corrected chi connectivity index (χ4v) is 3.47. The van der Waals surface area contributed by atoms with E-state index in [4.69, 9.17) is 5.11 Å². The number of aromatic nitrogens is 2. The molecular weight excluding hydrogens is 298 g/mol. The Hall–Kier alpha value is -0.990. The van der Waals surface area contributed by atoms with Crippen molar-refractivity contribution in [1.29, 1.82) is 0 Å². The van der Waals surface area contributed by atoms with Gasteiger partial charge in [-0.1, -0.05) is 11.8 Å². The number of aliphatic hydroxyl groups excluding tert-OH is 1. The Morgan fingerprint density at radius 1 is 1.55 bits per heavy atom. The largest absolute Gasteiger partial charge is 0.396 e. The van der Waals surface area contributed by atoms with E-state index in [-0.39, 0.29) is 23.6 Å². The summed E-state index contributed by atoms with van der Waals surface area (Å²) in [5.74, 6) is 2.10. The number of fused-ring (bicyclic) bond motifs is 1. The number of rotatable bonds is 7. The molecule has 0 fully saturated rings. The summed E-state index contributed by atoms with van der Waals surface area (Å²) < 4.78 is 1.55. The normalized spacial score (nSPS) is 13.2. The molecule has 0 radical (unpaired) electrons. The van der Waals surface area contributed by atoms with Gasteiger partial charge in [0, 0.05) is 37.4 Å². The van der Waals surface area contributed by atoms with Gasteiger partial charge in [-0.3, -0.25) is 14.2 Å². The first-order chi connectivity index (χ1) is 9.74. The van der Waals surface area contributed by atoms with Crippen LogP contribution in [0.25, 0.3) is 0 Å². The molecule has 2 rings (SSSR count). The minimum Gasteiger partial charge on any atom is -0.396 e. The van der Waals surface area contributed by atoms with Crippen molar-refractivity contribution in [3.63, 3.8) is 0 Å². The molecule has 2 N–H and O–H groups in total. The second-order valence-corrected chi connectivity index (χ2v) is 6.49. The minimum atomic E-state index is -0.363. The molecule has 0 saturated heterocycles. The molecule has 0 unspecified atom stereocenters. The first kappa shape index (κ1) is 15.4. The third-order valence-corrected chi connectivity index (χ3v) is 4.82. The van der Waals surface area contributed by atoms with Crippen LogP contribution in [0.2, 0.25) is 0 Å². The lowest BCUT2D eigenvalue weighted by Crippen LogP contribution is -2.34. The van der Waals surface area contributed by atoms with Crippen molar-refractivity contribution in [2.45, 2.75) is 18.1 Å². The van der Waals surface area contributed by atoms with Crippen LogP contribution in [0, 0.1) is 0 Å². The first-order valence-corrected chi connectivity index (χ1v) is 8.57. The van der Waals surface area contributed by atoms with Gasteiger partial charge >= 0.3 is 0 Å². The highest BCUT2D eigenvalue weighted by atomic mass is 32.2. The molecule has 1 aromatic heterocycles. The average molecular weight is 315 g/mol. The first-order valence-electron chi connectivity index (χ1n) is 6.43. The Morgan fingerprint density at radius 3 is 3.20 bits per heavy atom. The zero-order chi connectivity index (χ0) is 14.4. The van der Waals surface area contributed by atoms with E-state index in [2.05, 4.69) is 10.3 Å². The summed E-state index contributed by atoms with van der Waals surface area (Å²) in [4.78, 5) is 28.2. The van der Waals surface area contributed by atoms with Crippen molar-refractivity contribution in [3.05, 3.63) is 22.1 Å². The Balaban J connectivity index is 1.86. The molecule has 1 amide bonds. The zero-order valence-corrected chi connectivity index (χ0v) is 12.6. The van der Waals surface area contributed by atoms with Gasteiger partial charge in [0.05, 0.1) is 0 Å². The van der Waals surface area contributed by atoms with Gasteiger partial charge in [0.25, 0.3) is 11.5 Å². The van der Waals surface area contributed by atoms with Gasteiger partial charge in [0.2, 0.25) is 0 Å². The Morgan fingerprint density at radius 2 is 2.40 bits per heavy atom. The van der Waals surface area contributed by atoms with Gasteiger partial charge in [0.1, 0.15) is 5.56 Å². The standard InChI is InChI=1S/C12H17N3O3S2/c16-4-1-5-19-6-2-13-10(17)9-8-14-12-15(11(9)18)3-7-20-12/h8,16H,1-7H2,(H,13,17). The predicted molar refractivity (Wildman–Crippen MR) is 80.6 cm³/mol. The van der Waals surface area contributed by atoms with Crippen LogP contribution in [-0.4, -0.2) is 51.0 Å². The smallest absolute Gasteiger partial charge is 0.267 e. The minimum absolute atomic E-state index is 0.108. The van der Waals surface area contributed by atoms with Crippen molar-refractivity contribution in [2.75, 3.05) is 30.4 Å². The second-order valence-electron chi connectivity index (χ2n) is 4.21. The highest BCUT2D eigenvalue weighted by Crippen LogP contribution is 2.20. The second kappa shape index (κ2) is 7.70. The number of hydrogen-bond donors (Lipinski definition) is 2. The fraction of sp³-hybridized carbons (Fsp3) is 0.583. The molecule has 6 nitrogen and oxygen atoms in total. The average Bonchev–Trinajstić information content (AvgIpc) is 2.92. The molecular formula is C12H17N3O3S2. The summed E-state index contributed by atoms with van der Waals surface area (Å²) in [6.45, 7) is 1.31. The quantitative estimate of drug-likeness (QED) is 0.552. The summed E-state index contributed by atoms with van der Waals surface area (Å²) in [5.41, 5.74) is -0.151. The number of carbonyl (C=O) groups excluding carboxylic acids is 1. The molecule has 2 heterocycles. The van der Waals surface area contributed by atoms with Crippen molar-refractivity contribution in [2.24, 2.45) is 0 Å². The third-order valence-electron chi connectivity index (χ3n) is 2.78. The highest BCUT2D eigenvalue weighted by Gasteiger charge is 2.19. The van der Waals surface area contributed by atoms with Crippen LogP contribution in [0.5, 0.6) is 0 Å². The number of thioether (sulfide) groups is 2. The number of hydrogen-bond acceptors (Lipinski definition) is 6. The maximum absolute atomic E-state index is 12.1. The van der Waals surface area contributed by atoms with E-state index in [1.54, 1.807) is 16.3 Å². The summed E-state index contributed by atoms with van der Waals surface area (Å²) in [6.07, 6.45) is 2.12. The maximum atomic E-state index is 12.1. The van der Waals surface area contributed by atoms with Gasteiger partial charge in [-0.05, 0) is 12.2 Å². The Bertz CT molecular complexity index is 533.